The summed E-state index contributed by atoms with van der Waals surface area (Å²) in [5, 5.41) is 3.14. The highest BCUT2D eigenvalue weighted by Crippen LogP contribution is 2.21. The van der Waals surface area contributed by atoms with Crippen molar-refractivity contribution >= 4 is 0 Å². The molecule has 0 aliphatic carbocycles. The molecule has 0 bridgehead atoms. The first-order chi connectivity index (χ1) is 9.12. The van der Waals surface area contributed by atoms with Gasteiger partial charge in [-0.2, -0.15) is 0 Å². The second-order valence-corrected chi connectivity index (χ2v) is 4.79. The van der Waals surface area contributed by atoms with Gasteiger partial charge in [0.2, 0.25) is 0 Å². The average Bonchev–Trinajstić information content (AvgIpc) is 2.43. The molecule has 0 rings (SSSR count). The van der Waals surface area contributed by atoms with Gasteiger partial charge in [0.1, 0.15) is 0 Å². The number of methoxy groups -OCH3 is 2. The van der Waals surface area contributed by atoms with Gasteiger partial charge in [0.15, 0.2) is 0 Å². The van der Waals surface area contributed by atoms with Crippen LogP contribution < -0.4 is 5.32 Å². The standard InChI is InChI=1S/C16H31NO2/c1-7-14(9-10-16(8-2)19-6)15(12-17-4)11-13(3)18-5/h9,12-13,16-17H,7-8,10-11H2,1-6H3/b14-9+,15-12+. The summed E-state index contributed by atoms with van der Waals surface area (Å²) in [6.45, 7) is 6.45. The zero-order valence-corrected chi connectivity index (χ0v) is 13.5. The summed E-state index contributed by atoms with van der Waals surface area (Å²) >= 11 is 0. The summed E-state index contributed by atoms with van der Waals surface area (Å²) in [7, 11) is 5.48. The summed E-state index contributed by atoms with van der Waals surface area (Å²) in [5.74, 6) is 0. The summed E-state index contributed by atoms with van der Waals surface area (Å²) in [6, 6.07) is 0. The Morgan fingerprint density at radius 1 is 1.16 bits per heavy atom. The van der Waals surface area contributed by atoms with Crippen molar-refractivity contribution in [2.45, 2.75) is 58.7 Å². The van der Waals surface area contributed by atoms with Gasteiger partial charge in [-0.25, -0.2) is 0 Å². The fourth-order valence-electron chi connectivity index (χ4n) is 2.06. The van der Waals surface area contributed by atoms with Crippen LogP contribution in [0, 0.1) is 0 Å². The van der Waals surface area contributed by atoms with Gasteiger partial charge in [0, 0.05) is 27.7 Å². The molecule has 0 aromatic heterocycles. The molecule has 0 aliphatic rings. The molecule has 0 amide bonds. The van der Waals surface area contributed by atoms with E-state index in [0.717, 1.165) is 25.7 Å². The number of ether oxygens (including phenoxy) is 2. The van der Waals surface area contributed by atoms with Crippen molar-refractivity contribution in [3.05, 3.63) is 23.4 Å². The summed E-state index contributed by atoms with van der Waals surface area (Å²) in [5.41, 5.74) is 2.71. The SMILES string of the molecule is CCC(=C\CC(CC)OC)/C(=C/NC)CC(C)OC. The first kappa shape index (κ1) is 18.2. The van der Waals surface area contributed by atoms with Gasteiger partial charge in [0.25, 0.3) is 0 Å². The number of nitrogens with one attached hydrogen (secondary N) is 1. The van der Waals surface area contributed by atoms with E-state index < -0.39 is 0 Å². The van der Waals surface area contributed by atoms with Crippen molar-refractivity contribution in [1.82, 2.24) is 5.32 Å². The third-order valence-corrected chi connectivity index (χ3v) is 3.44. The largest absolute Gasteiger partial charge is 0.394 e. The summed E-state index contributed by atoms with van der Waals surface area (Å²) in [4.78, 5) is 0. The predicted octanol–water partition coefficient (Wildman–Crippen LogP) is 3.67. The number of hydrogen-bond acceptors (Lipinski definition) is 3. The molecule has 2 unspecified atom stereocenters. The lowest BCUT2D eigenvalue weighted by Crippen LogP contribution is -2.11. The Morgan fingerprint density at radius 2 is 1.84 bits per heavy atom. The van der Waals surface area contributed by atoms with E-state index in [1.165, 1.54) is 11.1 Å². The average molecular weight is 269 g/mol. The van der Waals surface area contributed by atoms with E-state index in [4.69, 9.17) is 9.47 Å². The van der Waals surface area contributed by atoms with E-state index in [0.29, 0.717) is 6.10 Å². The number of rotatable bonds is 10. The Kier molecular flexibility index (Phi) is 10.6. The van der Waals surface area contributed by atoms with E-state index in [9.17, 15) is 0 Å². The van der Waals surface area contributed by atoms with Crippen LogP contribution in [0.4, 0.5) is 0 Å². The van der Waals surface area contributed by atoms with Crippen LogP contribution in [0.15, 0.2) is 23.4 Å². The summed E-state index contributed by atoms with van der Waals surface area (Å²) in [6.07, 6.45) is 8.92. The molecule has 0 saturated carbocycles. The van der Waals surface area contributed by atoms with Gasteiger partial charge in [-0.05, 0) is 43.5 Å². The minimum absolute atomic E-state index is 0.235. The summed E-state index contributed by atoms with van der Waals surface area (Å²) < 4.78 is 10.8. The quantitative estimate of drug-likeness (QED) is 0.614. The molecule has 2 atom stereocenters. The minimum Gasteiger partial charge on any atom is -0.394 e. The molecule has 3 nitrogen and oxygen atoms in total. The zero-order valence-electron chi connectivity index (χ0n) is 13.5. The molecule has 0 fully saturated rings. The van der Waals surface area contributed by atoms with Crippen molar-refractivity contribution in [3.8, 4) is 0 Å². The highest BCUT2D eigenvalue weighted by atomic mass is 16.5. The molecule has 0 aromatic rings. The molecular weight excluding hydrogens is 238 g/mol. The molecule has 0 heterocycles. The monoisotopic (exact) mass is 269 g/mol. The normalized spacial score (nSPS) is 16.3. The first-order valence-electron chi connectivity index (χ1n) is 7.24. The van der Waals surface area contributed by atoms with Crippen LogP contribution in [0.1, 0.15) is 46.5 Å². The van der Waals surface area contributed by atoms with Gasteiger partial charge in [-0.15, -0.1) is 0 Å². The van der Waals surface area contributed by atoms with Crippen molar-refractivity contribution in [2.24, 2.45) is 0 Å². The third kappa shape index (κ3) is 7.38. The molecule has 1 N–H and O–H groups in total. The van der Waals surface area contributed by atoms with Crippen LogP contribution in [0.3, 0.4) is 0 Å². The maximum Gasteiger partial charge on any atom is 0.0603 e. The van der Waals surface area contributed by atoms with Crippen LogP contribution in [-0.4, -0.2) is 33.5 Å². The molecule has 0 saturated heterocycles. The highest BCUT2D eigenvalue weighted by molar-refractivity contribution is 5.30. The van der Waals surface area contributed by atoms with Crippen molar-refractivity contribution in [2.75, 3.05) is 21.3 Å². The Balaban J connectivity index is 4.83. The second kappa shape index (κ2) is 11.1. The first-order valence-corrected chi connectivity index (χ1v) is 7.24. The fourth-order valence-corrected chi connectivity index (χ4v) is 2.06. The smallest absolute Gasteiger partial charge is 0.0603 e. The molecule has 3 heteroatoms. The second-order valence-electron chi connectivity index (χ2n) is 4.79. The molecule has 0 spiro atoms. The number of hydrogen-bond donors (Lipinski definition) is 1. The molecular formula is C16H31NO2. The van der Waals surface area contributed by atoms with Gasteiger partial charge in [-0.3, -0.25) is 0 Å². The van der Waals surface area contributed by atoms with Crippen molar-refractivity contribution in [1.29, 1.82) is 0 Å². The van der Waals surface area contributed by atoms with Crippen LogP contribution in [0.5, 0.6) is 0 Å². The van der Waals surface area contributed by atoms with Gasteiger partial charge < -0.3 is 14.8 Å². The minimum atomic E-state index is 0.235. The van der Waals surface area contributed by atoms with Crippen LogP contribution in [0.2, 0.25) is 0 Å². The van der Waals surface area contributed by atoms with E-state index in [2.05, 4.69) is 38.4 Å². The topological polar surface area (TPSA) is 30.5 Å². The van der Waals surface area contributed by atoms with E-state index >= 15 is 0 Å². The Hall–Kier alpha value is -0.800. The van der Waals surface area contributed by atoms with Crippen molar-refractivity contribution < 1.29 is 9.47 Å². The van der Waals surface area contributed by atoms with Gasteiger partial charge >= 0.3 is 0 Å². The van der Waals surface area contributed by atoms with Gasteiger partial charge in [0.05, 0.1) is 12.2 Å². The van der Waals surface area contributed by atoms with Gasteiger partial charge in [-0.1, -0.05) is 19.9 Å². The number of allylic oxidation sites excluding steroid dienone is 1. The molecule has 0 aliphatic heterocycles. The molecule has 19 heavy (non-hydrogen) atoms. The Morgan fingerprint density at radius 3 is 2.26 bits per heavy atom. The zero-order chi connectivity index (χ0) is 14.7. The van der Waals surface area contributed by atoms with E-state index in [1.807, 2.05) is 7.05 Å². The molecule has 0 aromatic carbocycles. The maximum absolute atomic E-state index is 5.43. The lowest BCUT2D eigenvalue weighted by atomic mass is 9.97. The van der Waals surface area contributed by atoms with Crippen LogP contribution in [-0.2, 0) is 9.47 Å². The molecule has 112 valence electrons. The molecule has 0 radical (unpaired) electrons. The fraction of sp³-hybridized carbons (Fsp3) is 0.750. The Labute approximate surface area is 119 Å². The lowest BCUT2D eigenvalue weighted by Gasteiger charge is -2.17. The third-order valence-electron chi connectivity index (χ3n) is 3.44. The van der Waals surface area contributed by atoms with E-state index in [-0.39, 0.29) is 6.10 Å². The lowest BCUT2D eigenvalue weighted by molar-refractivity contribution is 0.102. The Bertz CT molecular complexity index is 280. The van der Waals surface area contributed by atoms with Crippen molar-refractivity contribution in [3.63, 3.8) is 0 Å². The van der Waals surface area contributed by atoms with Crippen LogP contribution in [0.25, 0.3) is 0 Å². The van der Waals surface area contributed by atoms with Crippen LogP contribution >= 0.6 is 0 Å². The van der Waals surface area contributed by atoms with E-state index in [1.54, 1.807) is 14.2 Å². The predicted molar refractivity (Wildman–Crippen MR) is 82.3 cm³/mol. The highest BCUT2D eigenvalue weighted by Gasteiger charge is 2.10. The maximum atomic E-state index is 5.43.